The van der Waals surface area contributed by atoms with E-state index in [1.165, 1.54) is 12.1 Å². The van der Waals surface area contributed by atoms with E-state index in [1.54, 1.807) is 12.1 Å². The number of aromatic nitrogens is 1. The van der Waals surface area contributed by atoms with Gasteiger partial charge in [0.2, 0.25) is 0 Å². The Bertz CT molecular complexity index is 751. The largest absolute Gasteiger partial charge is 0.494 e. The zero-order valence-corrected chi connectivity index (χ0v) is 13.7. The summed E-state index contributed by atoms with van der Waals surface area (Å²) in [6, 6.07) is 14.6. The number of unbranched alkanes of at least 4 members (excludes halogenated alkanes) is 1. The molecule has 0 N–H and O–H groups in total. The first-order chi connectivity index (χ1) is 10.8. The Labute approximate surface area is 137 Å². The Morgan fingerprint density at radius 3 is 2.59 bits per heavy atom. The molecule has 0 radical (unpaired) electrons. The summed E-state index contributed by atoms with van der Waals surface area (Å²) in [5.41, 5.74) is 2.03. The van der Waals surface area contributed by atoms with Crippen LogP contribution in [-0.2, 0) is 0 Å². The second-order valence-corrected chi connectivity index (χ2v) is 5.92. The molecule has 0 aliphatic heterocycles. The molecule has 1 heterocycles. The van der Waals surface area contributed by atoms with E-state index in [0.717, 1.165) is 47.1 Å². The van der Waals surface area contributed by atoms with E-state index in [0.29, 0.717) is 0 Å². The Morgan fingerprint density at radius 1 is 1.00 bits per heavy atom. The Balaban J connectivity index is 1.81. The lowest BCUT2D eigenvalue weighted by atomic mass is 10.2. The maximum atomic E-state index is 13.0. The number of rotatable bonds is 6. The van der Waals surface area contributed by atoms with Crippen molar-refractivity contribution in [2.75, 3.05) is 11.9 Å². The van der Waals surface area contributed by atoms with Crippen LogP contribution in [0.5, 0.6) is 5.75 Å². The second-order valence-electron chi connectivity index (χ2n) is 5.13. The third kappa shape index (κ3) is 3.33. The van der Waals surface area contributed by atoms with E-state index in [1.807, 2.05) is 35.0 Å². The lowest BCUT2D eigenvalue weighted by molar-refractivity contribution is 0.310. The zero-order chi connectivity index (χ0) is 15.4. The SMILES string of the molecule is Fc1ccc(-n2ccc3cc(OCCCCBr)ccc32)cc1. The first-order valence-electron chi connectivity index (χ1n) is 7.34. The van der Waals surface area contributed by atoms with Gasteiger partial charge in [-0.1, -0.05) is 15.9 Å². The highest BCUT2D eigenvalue weighted by Gasteiger charge is 2.05. The van der Waals surface area contributed by atoms with Crippen LogP contribution in [0.25, 0.3) is 16.6 Å². The number of alkyl halides is 1. The lowest BCUT2D eigenvalue weighted by Gasteiger charge is -2.08. The minimum atomic E-state index is -0.223. The smallest absolute Gasteiger partial charge is 0.123 e. The molecule has 4 heteroatoms. The van der Waals surface area contributed by atoms with Gasteiger partial charge in [0, 0.05) is 22.6 Å². The van der Waals surface area contributed by atoms with E-state index in [4.69, 9.17) is 4.74 Å². The van der Waals surface area contributed by atoms with Crippen LogP contribution >= 0.6 is 15.9 Å². The van der Waals surface area contributed by atoms with Crippen LogP contribution in [0.1, 0.15) is 12.8 Å². The molecule has 0 aliphatic carbocycles. The molecule has 2 aromatic carbocycles. The summed E-state index contributed by atoms with van der Waals surface area (Å²) in [5.74, 6) is 0.665. The molecule has 0 fully saturated rings. The lowest BCUT2D eigenvalue weighted by Crippen LogP contribution is -1.97. The highest BCUT2D eigenvalue weighted by atomic mass is 79.9. The fourth-order valence-corrected chi connectivity index (χ4v) is 2.82. The molecule has 0 atom stereocenters. The average molecular weight is 362 g/mol. The third-order valence-corrected chi connectivity index (χ3v) is 4.12. The van der Waals surface area contributed by atoms with E-state index in [9.17, 15) is 4.39 Å². The van der Waals surface area contributed by atoms with Crippen LogP contribution in [-0.4, -0.2) is 16.5 Å². The third-order valence-electron chi connectivity index (χ3n) is 3.56. The summed E-state index contributed by atoms with van der Waals surface area (Å²) in [6.07, 6.45) is 4.15. The number of nitrogens with zero attached hydrogens (tertiary/aromatic N) is 1. The van der Waals surface area contributed by atoms with Gasteiger partial charge in [0.1, 0.15) is 11.6 Å². The summed E-state index contributed by atoms with van der Waals surface area (Å²) in [6.45, 7) is 0.732. The molecule has 0 aliphatic rings. The molecule has 22 heavy (non-hydrogen) atoms. The maximum absolute atomic E-state index is 13.0. The highest BCUT2D eigenvalue weighted by molar-refractivity contribution is 9.09. The van der Waals surface area contributed by atoms with E-state index >= 15 is 0 Å². The summed E-state index contributed by atoms with van der Waals surface area (Å²) < 4.78 is 20.9. The number of hydrogen-bond acceptors (Lipinski definition) is 1. The van der Waals surface area contributed by atoms with Crippen molar-refractivity contribution < 1.29 is 9.13 Å². The van der Waals surface area contributed by atoms with Crippen LogP contribution in [0.4, 0.5) is 4.39 Å². The van der Waals surface area contributed by atoms with Crippen molar-refractivity contribution in [1.82, 2.24) is 4.57 Å². The van der Waals surface area contributed by atoms with E-state index in [2.05, 4.69) is 15.9 Å². The van der Waals surface area contributed by atoms with Crippen molar-refractivity contribution in [3.8, 4) is 11.4 Å². The molecule has 0 saturated heterocycles. The predicted octanol–water partition coefficient (Wildman–Crippen LogP) is 5.32. The molecule has 3 rings (SSSR count). The predicted molar refractivity (Wildman–Crippen MR) is 91.8 cm³/mol. The number of halogens is 2. The Kier molecular flexibility index (Phi) is 4.78. The molecule has 0 spiro atoms. The summed E-state index contributed by atoms with van der Waals surface area (Å²) in [7, 11) is 0. The van der Waals surface area contributed by atoms with Gasteiger partial charge in [0.05, 0.1) is 12.1 Å². The number of benzene rings is 2. The molecule has 114 valence electrons. The molecule has 1 aromatic heterocycles. The van der Waals surface area contributed by atoms with Crippen molar-refractivity contribution in [3.05, 3.63) is 60.5 Å². The van der Waals surface area contributed by atoms with Gasteiger partial charge in [-0.05, 0) is 61.4 Å². The van der Waals surface area contributed by atoms with Crippen molar-refractivity contribution in [3.63, 3.8) is 0 Å². The molecule has 0 amide bonds. The number of fused-ring (bicyclic) bond motifs is 1. The van der Waals surface area contributed by atoms with Crippen molar-refractivity contribution in [1.29, 1.82) is 0 Å². The van der Waals surface area contributed by atoms with Crippen LogP contribution in [0.2, 0.25) is 0 Å². The fraction of sp³-hybridized carbons (Fsp3) is 0.222. The molecule has 2 nitrogen and oxygen atoms in total. The van der Waals surface area contributed by atoms with E-state index < -0.39 is 0 Å². The highest BCUT2D eigenvalue weighted by Crippen LogP contribution is 2.25. The van der Waals surface area contributed by atoms with Crippen LogP contribution < -0.4 is 4.74 Å². The van der Waals surface area contributed by atoms with Crippen molar-refractivity contribution in [2.45, 2.75) is 12.8 Å². The summed E-state index contributed by atoms with van der Waals surface area (Å²) in [4.78, 5) is 0. The molecule has 3 aromatic rings. The number of hydrogen-bond donors (Lipinski definition) is 0. The van der Waals surface area contributed by atoms with Crippen LogP contribution in [0, 0.1) is 5.82 Å². The zero-order valence-electron chi connectivity index (χ0n) is 12.1. The summed E-state index contributed by atoms with van der Waals surface area (Å²) >= 11 is 3.42. The van der Waals surface area contributed by atoms with Gasteiger partial charge in [-0.15, -0.1) is 0 Å². The fourth-order valence-electron chi connectivity index (χ4n) is 2.42. The van der Waals surface area contributed by atoms with Gasteiger partial charge in [-0.25, -0.2) is 4.39 Å². The molecule has 0 bridgehead atoms. The van der Waals surface area contributed by atoms with Gasteiger partial charge < -0.3 is 9.30 Å². The minimum absolute atomic E-state index is 0.223. The van der Waals surface area contributed by atoms with Crippen molar-refractivity contribution >= 4 is 26.8 Å². The average Bonchev–Trinajstić information content (AvgIpc) is 2.95. The molecule has 0 saturated carbocycles. The van der Waals surface area contributed by atoms with Gasteiger partial charge in [-0.2, -0.15) is 0 Å². The van der Waals surface area contributed by atoms with E-state index in [-0.39, 0.29) is 5.82 Å². The maximum Gasteiger partial charge on any atom is 0.123 e. The van der Waals surface area contributed by atoms with Gasteiger partial charge in [0.15, 0.2) is 0 Å². The van der Waals surface area contributed by atoms with Gasteiger partial charge in [-0.3, -0.25) is 0 Å². The van der Waals surface area contributed by atoms with Crippen LogP contribution in [0.3, 0.4) is 0 Å². The Hall–Kier alpha value is -1.81. The monoisotopic (exact) mass is 361 g/mol. The first-order valence-corrected chi connectivity index (χ1v) is 8.46. The standard InChI is InChI=1S/C18H17BrFNO/c19-10-1-2-12-22-17-7-8-18-14(13-17)9-11-21(18)16-5-3-15(20)4-6-16/h3-9,11,13H,1-2,10,12H2. The molecule has 0 unspecified atom stereocenters. The first kappa shape index (κ1) is 15.1. The quantitative estimate of drug-likeness (QED) is 0.427. The van der Waals surface area contributed by atoms with Crippen LogP contribution in [0.15, 0.2) is 54.7 Å². The summed E-state index contributed by atoms with van der Waals surface area (Å²) in [5, 5.41) is 2.12. The van der Waals surface area contributed by atoms with Gasteiger partial charge >= 0.3 is 0 Å². The molecular weight excluding hydrogens is 345 g/mol. The van der Waals surface area contributed by atoms with Crippen molar-refractivity contribution in [2.24, 2.45) is 0 Å². The van der Waals surface area contributed by atoms with Gasteiger partial charge in [0.25, 0.3) is 0 Å². The molecular formula is C18H17BrFNO. The topological polar surface area (TPSA) is 14.2 Å². The number of ether oxygens (including phenoxy) is 1. The normalized spacial score (nSPS) is 11.0. The Morgan fingerprint density at radius 2 is 1.82 bits per heavy atom. The second kappa shape index (κ2) is 6.97. The minimum Gasteiger partial charge on any atom is -0.494 e.